The van der Waals surface area contributed by atoms with E-state index in [1.807, 2.05) is 0 Å². The molecular weight excluding hydrogens is 319 g/mol. The number of halogens is 1. The van der Waals surface area contributed by atoms with Crippen LogP contribution < -0.4 is 4.74 Å². The molecule has 0 radical (unpaired) electrons. The van der Waals surface area contributed by atoms with Crippen LogP contribution in [-0.4, -0.2) is 36.0 Å². The molecule has 0 aromatic carbocycles. The molecule has 1 amide bonds. The second-order valence-electron chi connectivity index (χ2n) is 4.01. The van der Waals surface area contributed by atoms with Crippen LogP contribution in [-0.2, 0) is 0 Å². The lowest BCUT2D eigenvalue weighted by atomic mass is 10.2. The van der Waals surface area contributed by atoms with Crippen LogP contribution in [0.3, 0.4) is 0 Å². The average Bonchev–Trinajstić information content (AvgIpc) is 3.01. The van der Waals surface area contributed by atoms with Crippen molar-refractivity contribution < 1.29 is 9.53 Å². The highest BCUT2D eigenvalue weighted by Crippen LogP contribution is 2.30. The summed E-state index contributed by atoms with van der Waals surface area (Å²) in [6, 6.07) is 0. The first-order chi connectivity index (χ1) is 7.59. The highest BCUT2D eigenvalue weighted by molar-refractivity contribution is 14.1. The Morgan fingerprint density at radius 3 is 2.75 bits per heavy atom. The Morgan fingerprint density at radius 1 is 1.50 bits per heavy atom. The van der Waals surface area contributed by atoms with Gasteiger partial charge in [0, 0.05) is 23.9 Å². The summed E-state index contributed by atoms with van der Waals surface area (Å²) in [5, 5.41) is 0. The third kappa shape index (κ3) is 2.45. The van der Waals surface area contributed by atoms with Crippen molar-refractivity contribution in [3.8, 4) is 5.75 Å². The van der Waals surface area contributed by atoms with E-state index >= 15 is 0 Å². The standard InChI is InChI=1S/C11H13IN2O2/c1-14(2)11(15)10-8(12)5-13-6-9(10)16-7-3-4-7/h5-7H,3-4H2,1-2H3. The van der Waals surface area contributed by atoms with E-state index < -0.39 is 0 Å². The van der Waals surface area contributed by atoms with Gasteiger partial charge >= 0.3 is 0 Å². The second-order valence-corrected chi connectivity index (χ2v) is 5.17. The first-order valence-corrected chi connectivity index (χ1v) is 6.19. The SMILES string of the molecule is CN(C)C(=O)c1c(I)cncc1OC1CC1. The van der Waals surface area contributed by atoms with Gasteiger partial charge in [-0.3, -0.25) is 9.78 Å². The van der Waals surface area contributed by atoms with Crippen LogP contribution in [0.15, 0.2) is 12.4 Å². The van der Waals surface area contributed by atoms with Gasteiger partial charge in [-0.15, -0.1) is 0 Å². The Bertz CT molecular complexity index is 416. The van der Waals surface area contributed by atoms with Crippen LogP contribution >= 0.6 is 22.6 Å². The minimum atomic E-state index is -0.0394. The van der Waals surface area contributed by atoms with Gasteiger partial charge in [-0.1, -0.05) is 0 Å². The first kappa shape index (κ1) is 11.6. The van der Waals surface area contributed by atoms with Crippen molar-refractivity contribution in [2.45, 2.75) is 18.9 Å². The Kier molecular flexibility index (Phi) is 3.32. The predicted molar refractivity (Wildman–Crippen MR) is 68.6 cm³/mol. The molecule has 1 aromatic rings. The summed E-state index contributed by atoms with van der Waals surface area (Å²) in [7, 11) is 3.47. The molecule has 1 aromatic heterocycles. The Balaban J connectivity index is 2.35. The highest BCUT2D eigenvalue weighted by atomic mass is 127. The number of hydrogen-bond acceptors (Lipinski definition) is 3. The number of rotatable bonds is 3. The fourth-order valence-corrected chi connectivity index (χ4v) is 1.96. The summed E-state index contributed by atoms with van der Waals surface area (Å²) in [6.45, 7) is 0. The molecule has 0 spiro atoms. The van der Waals surface area contributed by atoms with E-state index in [1.54, 1.807) is 31.4 Å². The van der Waals surface area contributed by atoms with Crippen LogP contribution in [0.2, 0.25) is 0 Å². The van der Waals surface area contributed by atoms with Gasteiger partial charge in [-0.2, -0.15) is 0 Å². The van der Waals surface area contributed by atoms with Crippen molar-refractivity contribution in [3.05, 3.63) is 21.5 Å². The lowest BCUT2D eigenvalue weighted by molar-refractivity contribution is 0.0821. The van der Waals surface area contributed by atoms with Crippen LogP contribution in [0.5, 0.6) is 5.75 Å². The molecule has 4 nitrogen and oxygen atoms in total. The maximum Gasteiger partial charge on any atom is 0.258 e. The zero-order valence-electron chi connectivity index (χ0n) is 9.24. The monoisotopic (exact) mass is 332 g/mol. The maximum atomic E-state index is 12.0. The molecule has 0 aliphatic heterocycles. The molecule has 1 heterocycles. The number of hydrogen-bond donors (Lipinski definition) is 0. The number of carbonyl (C=O) groups excluding carboxylic acids is 1. The van der Waals surface area contributed by atoms with Crippen LogP contribution in [0.4, 0.5) is 0 Å². The molecule has 2 rings (SSSR count). The van der Waals surface area contributed by atoms with E-state index in [0.29, 0.717) is 11.3 Å². The second kappa shape index (κ2) is 4.57. The predicted octanol–water partition coefficient (Wildman–Crippen LogP) is 1.93. The summed E-state index contributed by atoms with van der Waals surface area (Å²) >= 11 is 2.11. The van der Waals surface area contributed by atoms with E-state index in [0.717, 1.165) is 16.4 Å². The summed E-state index contributed by atoms with van der Waals surface area (Å²) in [5.74, 6) is 0.565. The zero-order valence-corrected chi connectivity index (χ0v) is 11.4. The Labute approximate surface area is 108 Å². The van der Waals surface area contributed by atoms with Gasteiger partial charge in [0.15, 0.2) is 5.75 Å². The van der Waals surface area contributed by atoms with Crippen molar-refractivity contribution in [2.75, 3.05) is 14.1 Å². The van der Waals surface area contributed by atoms with Gasteiger partial charge in [0.2, 0.25) is 0 Å². The van der Waals surface area contributed by atoms with E-state index in [4.69, 9.17) is 4.74 Å². The van der Waals surface area contributed by atoms with Gasteiger partial charge in [-0.25, -0.2) is 0 Å². The lowest BCUT2D eigenvalue weighted by Gasteiger charge is -2.15. The van der Waals surface area contributed by atoms with Crippen molar-refractivity contribution in [1.29, 1.82) is 0 Å². The van der Waals surface area contributed by atoms with Gasteiger partial charge in [0.1, 0.15) is 0 Å². The summed E-state index contributed by atoms with van der Waals surface area (Å²) in [6.07, 6.45) is 5.71. The number of amides is 1. The summed E-state index contributed by atoms with van der Waals surface area (Å²) < 4.78 is 6.52. The number of nitrogens with zero attached hydrogens (tertiary/aromatic N) is 2. The molecule has 1 saturated carbocycles. The highest BCUT2D eigenvalue weighted by Gasteiger charge is 2.27. The Morgan fingerprint density at radius 2 is 2.19 bits per heavy atom. The minimum absolute atomic E-state index is 0.0394. The van der Waals surface area contributed by atoms with Crippen molar-refractivity contribution in [2.24, 2.45) is 0 Å². The normalized spacial score (nSPS) is 14.7. The number of pyridine rings is 1. The molecule has 0 bridgehead atoms. The molecule has 1 aliphatic carbocycles. The quantitative estimate of drug-likeness (QED) is 0.795. The first-order valence-electron chi connectivity index (χ1n) is 5.11. The van der Waals surface area contributed by atoms with Crippen molar-refractivity contribution >= 4 is 28.5 Å². The largest absolute Gasteiger partial charge is 0.488 e. The third-order valence-electron chi connectivity index (χ3n) is 2.30. The van der Waals surface area contributed by atoms with Gasteiger partial charge in [0.25, 0.3) is 5.91 Å². The summed E-state index contributed by atoms with van der Waals surface area (Å²) in [4.78, 5) is 17.6. The fraction of sp³-hybridized carbons (Fsp3) is 0.455. The number of carbonyl (C=O) groups is 1. The van der Waals surface area contributed by atoms with Crippen LogP contribution in [0.1, 0.15) is 23.2 Å². The van der Waals surface area contributed by atoms with Gasteiger partial charge in [0.05, 0.1) is 17.9 Å². The topological polar surface area (TPSA) is 42.4 Å². The maximum absolute atomic E-state index is 12.0. The smallest absolute Gasteiger partial charge is 0.258 e. The fourth-order valence-electron chi connectivity index (χ4n) is 1.30. The number of ether oxygens (including phenoxy) is 1. The molecule has 86 valence electrons. The van der Waals surface area contributed by atoms with Crippen LogP contribution in [0.25, 0.3) is 0 Å². The van der Waals surface area contributed by atoms with E-state index in [1.165, 1.54) is 0 Å². The van der Waals surface area contributed by atoms with Gasteiger partial charge < -0.3 is 9.64 Å². The molecule has 0 N–H and O–H groups in total. The number of aromatic nitrogens is 1. The minimum Gasteiger partial charge on any atom is -0.488 e. The van der Waals surface area contributed by atoms with E-state index in [2.05, 4.69) is 27.6 Å². The lowest BCUT2D eigenvalue weighted by Crippen LogP contribution is -2.23. The molecule has 1 aliphatic rings. The van der Waals surface area contributed by atoms with Crippen molar-refractivity contribution in [3.63, 3.8) is 0 Å². The van der Waals surface area contributed by atoms with E-state index in [9.17, 15) is 4.79 Å². The van der Waals surface area contributed by atoms with Crippen LogP contribution in [0, 0.1) is 3.57 Å². The molecular formula is C11H13IN2O2. The molecule has 5 heteroatoms. The van der Waals surface area contributed by atoms with Crippen molar-refractivity contribution in [1.82, 2.24) is 9.88 Å². The molecule has 1 fully saturated rings. The Hall–Kier alpha value is -0.850. The molecule has 0 atom stereocenters. The zero-order chi connectivity index (χ0) is 11.7. The summed E-state index contributed by atoms with van der Waals surface area (Å²) in [5.41, 5.74) is 0.618. The average molecular weight is 332 g/mol. The molecule has 0 unspecified atom stereocenters. The molecule has 0 saturated heterocycles. The van der Waals surface area contributed by atoms with E-state index in [-0.39, 0.29) is 12.0 Å². The van der Waals surface area contributed by atoms with Gasteiger partial charge in [-0.05, 0) is 35.4 Å². The third-order valence-corrected chi connectivity index (χ3v) is 3.12. The molecule has 16 heavy (non-hydrogen) atoms.